The molecule has 0 bridgehead atoms. The standard InChI is InChI=1S/C20H26N4O4.ClH/c1-14(25)24-19-8-5-16(12-23-19)18(26)13-22-9-10-28-17-6-3-15(4-7-17)11-20(27)21-2;/h3-8,12,18,22,26H,9-11,13H2,1-2H3,(H,21,27)(H,23,24,25);1H. The maximum atomic E-state index is 11.3. The third kappa shape index (κ3) is 8.91. The molecule has 0 spiro atoms. The maximum absolute atomic E-state index is 11.3. The maximum Gasteiger partial charge on any atom is 0.224 e. The number of hydrogen-bond acceptors (Lipinski definition) is 6. The number of benzene rings is 1. The molecule has 1 aromatic heterocycles. The van der Waals surface area contributed by atoms with Gasteiger partial charge in [0.25, 0.3) is 0 Å². The number of aliphatic hydroxyl groups is 1. The van der Waals surface area contributed by atoms with Crippen LogP contribution in [0, 0.1) is 0 Å². The van der Waals surface area contributed by atoms with Gasteiger partial charge >= 0.3 is 0 Å². The van der Waals surface area contributed by atoms with Crippen molar-refractivity contribution in [1.82, 2.24) is 15.6 Å². The normalized spacial score (nSPS) is 11.1. The number of halogens is 1. The lowest BCUT2D eigenvalue weighted by Crippen LogP contribution is -2.26. The lowest BCUT2D eigenvalue weighted by molar-refractivity contribution is -0.120. The summed E-state index contributed by atoms with van der Waals surface area (Å²) in [6, 6.07) is 10.8. The van der Waals surface area contributed by atoms with Crippen LogP contribution < -0.4 is 20.7 Å². The number of aromatic nitrogens is 1. The molecule has 9 heteroatoms. The van der Waals surface area contributed by atoms with E-state index in [2.05, 4.69) is 20.9 Å². The van der Waals surface area contributed by atoms with Crippen LogP contribution in [-0.2, 0) is 16.0 Å². The van der Waals surface area contributed by atoms with Gasteiger partial charge in [0.2, 0.25) is 11.8 Å². The van der Waals surface area contributed by atoms with Crippen LogP contribution >= 0.6 is 12.4 Å². The summed E-state index contributed by atoms with van der Waals surface area (Å²) in [5.74, 6) is 0.951. The molecule has 2 rings (SSSR count). The van der Waals surface area contributed by atoms with Crippen LogP contribution in [0.5, 0.6) is 5.75 Å². The highest BCUT2D eigenvalue weighted by atomic mass is 35.5. The summed E-state index contributed by atoms with van der Waals surface area (Å²) in [6.07, 6.45) is 1.17. The van der Waals surface area contributed by atoms with Gasteiger partial charge in [-0.15, -0.1) is 12.4 Å². The zero-order valence-corrected chi connectivity index (χ0v) is 17.3. The second kappa shape index (κ2) is 12.7. The van der Waals surface area contributed by atoms with E-state index in [-0.39, 0.29) is 24.2 Å². The van der Waals surface area contributed by atoms with E-state index in [4.69, 9.17) is 4.74 Å². The molecule has 0 aliphatic heterocycles. The van der Waals surface area contributed by atoms with Crippen LogP contribution in [0.25, 0.3) is 0 Å². The Morgan fingerprint density at radius 1 is 1.17 bits per heavy atom. The minimum absolute atomic E-state index is 0. The first-order chi connectivity index (χ1) is 13.5. The lowest BCUT2D eigenvalue weighted by Gasteiger charge is -2.13. The van der Waals surface area contributed by atoms with E-state index < -0.39 is 6.10 Å². The molecule has 29 heavy (non-hydrogen) atoms. The number of anilines is 1. The minimum atomic E-state index is -0.706. The smallest absolute Gasteiger partial charge is 0.224 e. The van der Waals surface area contributed by atoms with E-state index in [1.165, 1.54) is 13.1 Å². The van der Waals surface area contributed by atoms with Crippen molar-refractivity contribution in [3.63, 3.8) is 0 Å². The third-order valence-corrected chi connectivity index (χ3v) is 3.93. The zero-order chi connectivity index (χ0) is 20.4. The molecule has 1 atom stereocenters. The first-order valence-corrected chi connectivity index (χ1v) is 9.02. The van der Waals surface area contributed by atoms with Crippen molar-refractivity contribution in [2.75, 3.05) is 32.1 Å². The van der Waals surface area contributed by atoms with Gasteiger partial charge in [-0.2, -0.15) is 0 Å². The number of pyridine rings is 1. The number of amides is 2. The highest BCUT2D eigenvalue weighted by Gasteiger charge is 2.08. The van der Waals surface area contributed by atoms with Gasteiger partial charge in [-0.3, -0.25) is 9.59 Å². The molecule has 0 aliphatic rings. The first-order valence-electron chi connectivity index (χ1n) is 9.02. The SMILES string of the molecule is CNC(=O)Cc1ccc(OCCNCC(O)c2ccc(NC(C)=O)nc2)cc1.Cl. The predicted molar refractivity (Wildman–Crippen MR) is 113 cm³/mol. The Labute approximate surface area is 176 Å². The van der Waals surface area contributed by atoms with Gasteiger partial charge in [-0.25, -0.2) is 4.98 Å². The zero-order valence-electron chi connectivity index (χ0n) is 16.5. The van der Waals surface area contributed by atoms with Crippen LogP contribution in [0.1, 0.15) is 24.2 Å². The van der Waals surface area contributed by atoms with Gasteiger partial charge in [-0.05, 0) is 23.8 Å². The monoisotopic (exact) mass is 422 g/mol. The first kappa shape index (κ1) is 24.4. The van der Waals surface area contributed by atoms with E-state index in [0.717, 1.165) is 11.3 Å². The Kier molecular flexibility index (Phi) is 10.7. The molecule has 0 fully saturated rings. The summed E-state index contributed by atoms with van der Waals surface area (Å²) >= 11 is 0. The molecule has 4 N–H and O–H groups in total. The largest absolute Gasteiger partial charge is 0.492 e. The Morgan fingerprint density at radius 3 is 2.48 bits per heavy atom. The van der Waals surface area contributed by atoms with Crippen molar-refractivity contribution in [3.8, 4) is 5.75 Å². The second-order valence-corrected chi connectivity index (χ2v) is 6.22. The molecule has 1 aromatic carbocycles. The Morgan fingerprint density at radius 2 is 1.90 bits per heavy atom. The van der Waals surface area contributed by atoms with E-state index >= 15 is 0 Å². The van der Waals surface area contributed by atoms with Crippen LogP contribution in [0.4, 0.5) is 5.82 Å². The fourth-order valence-electron chi connectivity index (χ4n) is 2.43. The van der Waals surface area contributed by atoms with Crippen molar-refractivity contribution in [2.45, 2.75) is 19.4 Å². The summed E-state index contributed by atoms with van der Waals surface area (Å²) in [5.41, 5.74) is 1.58. The molecular formula is C20H27ClN4O4. The van der Waals surface area contributed by atoms with Crippen LogP contribution in [0.2, 0.25) is 0 Å². The number of ether oxygens (including phenoxy) is 1. The van der Waals surface area contributed by atoms with Crippen molar-refractivity contribution >= 4 is 30.0 Å². The van der Waals surface area contributed by atoms with E-state index in [1.54, 1.807) is 19.2 Å². The van der Waals surface area contributed by atoms with E-state index in [9.17, 15) is 14.7 Å². The number of carbonyl (C=O) groups excluding carboxylic acids is 2. The molecule has 0 aliphatic carbocycles. The molecule has 8 nitrogen and oxygen atoms in total. The molecule has 2 amide bonds. The summed E-state index contributed by atoms with van der Waals surface area (Å²) < 4.78 is 5.64. The van der Waals surface area contributed by atoms with Crippen LogP contribution in [0.3, 0.4) is 0 Å². The van der Waals surface area contributed by atoms with Gasteiger partial charge in [0.05, 0.1) is 12.5 Å². The van der Waals surface area contributed by atoms with Gasteiger partial charge < -0.3 is 25.8 Å². The Bertz CT molecular complexity index is 769. The lowest BCUT2D eigenvalue weighted by atomic mass is 10.1. The Balaban J connectivity index is 0.00000420. The topological polar surface area (TPSA) is 113 Å². The van der Waals surface area contributed by atoms with Crippen molar-refractivity contribution in [3.05, 3.63) is 53.7 Å². The Hall–Kier alpha value is -2.68. The number of rotatable bonds is 10. The van der Waals surface area contributed by atoms with Gasteiger partial charge in [0, 0.05) is 38.8 Å². The van der Waals surface area contributed by atoms with E-state index in [1.807, 2.05) is 24.3 Å². The van der Waals surface area contributed by atoms with Crippen molar-refractivity contribution < 1.29 is 19.4 Å². The second-order valence-electron chi connectivity index (χ2n) is 6.22. The summed E-state index contributed by atoms with van der Waals surface area (Å²) in [7, 11) is 1.61. The molecule has 1 unspecified atom stereocenters. The van der Waals surface area contributed by atoms with Gasteiger partial charge in [0.15, 0.2) is 0 Å². The van der Waals surface area contributed by atoms with Gasteiger partial charge in [-0.1, -0.05) is 18.2 Å². The van der Waals surface area contributed by atoms with Gasteiger partial charge in [0.1, 0.15) is 18.2 Å². The predicted octanol–water partition coefficient (Wildman–Crippen LogP) is 1.45. The third-order valence-electron chi connectivity index (χ3n) is 3.93. The molecular weight excluding hydrogens is 396 g/mol. The summed E-state index contributed by atoms with van der Waals surface area (Å²) in [4.78, 5) is 26.4. The molecule has 0 saturated heterocycles. The minimum Gasteiger partial charge on any atom is -0.492 e. The molecule has 2 aromatic rings. The summed E-state index contributed by atoms with van der Waals surface area (Å²) in [5, 5.41) is 18.5. The average molecular weight is 423 g/mol. The number of carbonyl (C=O) groups is 2. The molecule has 1 heterocycles. The molecule has 158 valence electrons. The number of nitrogens with one attached hydrogen (secondary N) is 3. The van der Waals surface area contributed by atoms with Crippen LogP contribution in [0.15, 0.2) is 42.6 Å². The number of hydrogen-bond donors (Lipinski definition) is 4. The highest BCUT2D eigenvalue weighted by Crippen LogP contribution is 2.14. The quantitative estimate of drug-likeness (QED) is 0.431. The number of likely N-dealkylation sites (N-methyl/N-ethyl adjacent to an activating group) is 1. The fourth-order valence-corrected chi connectivity index (χ4v) is 2.43. The molecule has 0 radical (unpaired) electrons. The van der Waals surface area contributed by atoms with Crippen LogP contribution in [-0.4, -0.2) is 48.6 Å². The highest BCUT2D eigenvalue weighted by molar-refractivity contribution is 5.87. The van der Waals surface area contributed by atoms with Crippen molar-refractivity contribution in [2.24, 2.45) is 0 Å². The number of aliphatic hydroxyl groups excluding tert-OH is 1. The van der Waals surface area contributed by atoms with Crippen molar-refractivity contribution in [1.29, 1.82) is 0 Å². The fraction of sp³-hybridized carbons (Fsp3) is 0.350. The summed E-state index contributed by atoms with van der Waals surface area (Å²) in [6.45, 7) is 2.78. The van der Waals surface area contributed by atoms with E-state index in [0.29, 0.717) is 37.5 Å². The molecule has 0 saturated carbocycles. The average Bonchev–Trinajstić information content (AvgIpc) is 2.68. The number of nitrogens with zero attached hydrogens (tertiary/aromatic N) is 1.